The van der Waals surface area contributed by atoms with Crippen molar-refractivity contribution < 1.29 is 19.1 Å². The van der Waals surface area contributed by atoms with Crippen molar-refractivity contribution in [3.05, 3.63) is 71.9 Å². The van der Waals surface area contributed by atoms with Gasteiger partial charge in [0, 0.05) is 37.1 Å². The third kappa shape index (κ3) is 4.97. The summed E-state index contributed by atoms with van der Waals surface area (Å²) in [4.78, 5) is 27.2. The topological polar surface area (TPSA) is 60.8 Å². The van der Waals surface area contributed by atoms with Gasteiger partial charge in [-0.15, -0.1) is 0 Å². The van der Waals surface area contributed by atoms with Gasteiger partial charge in [0.15, 0.2) is 0 Å². The smallest absolute Gasteiger partial charge is 0.307 e. The molecule has 0 saturated carbocycles. The maximum atomic E-state index is 13.7. The van der Waals surface area contributed by atoms with Gasteiger partial charge in [-0.2, -0.15) is 0 Å². The Balaban J connectivity index is 1.67. The van der Waals surface area contributed by atoms with E-state index in [0.29, 0.717) is 25.3 Å². The molecule has 1 unspecified atom stereocenters. The number of carbonyl (C=O) groups excluding carboxylic acids is 2. The zero-order chi connectivity index (χ0) is 21.6. The molecule has 0 aliphatic carbocycles. The Bertz CT molecular complexity index is 1040. The molecule has 0 spiro atoms. The van der Waals surface area contributed by atoms with Crippen LogP contribution in [-0.4, -0.2) is 54.3 Å². The van der Waals surface area contributed by atoms with E-state index in [-0.39, 0.29) is 24.4 Å². The van der Waals surface area contributed by atoms with Gasteiger partial charge in [-0.05, 0) is 30.5 Å². The zero-order valence-corrected chi connectivity index (χ0v) is 17.8. The van der Waals surface area contributed by atoms with Crippen molar-refractivity contribution in [3.8, 4) is 0 Å². The second kappa shape index (κ2) is 9.79. The van der Waals surface area contributed by atoms with Crippen LogP contribution in [0.4, 0.5) is 0 Å². The number of rotatable bonds is 8. The quantitative estimate of drug-likeness (QED) is 0.519. The van der Waals surface area contributed by atoms with Crippen LogP contribution in [0.1, 0.15) is 35.3 Å². The number of aromatic nitrogens is 1. The molecule has 1 saturated heterocycles. The molecule has 3 aromatic rings. The van der Waals surface area contributed by atoms with E-state index in [2.05, 4.69) is 16.7 Å². The molecule has 1 fully saturated rings. The monoisotopic (exact) mass is 420 g/mol. The summed E-state index contributed by atoms with van der Waals surface area (Å²) in [7, 11) is 1.37. The number of esters is 1. The van der Waals surface area contributed by atoms with Crippen LogP contribution >= 0.6 is 0 Å². The number of para-hydroxylation sites is 1. The highest BCUT2D eigenvalue weighted by Gasteiger charge is 2.26. The summed E-state index contributed by atoms with van der Waals surface area (Å²) in [5.41, 5.74) is 2.76. The van der Waals surface area contributed by atoms with Crippen molar-refractivity contribution in [2.45, 2.75) is 31.9 Å². The van der Waals surface area contributed by atoms with Crippen LogP contribution in [0.3, 0.4) is 0 Å². The number of hydrogen-bond donors (Lipinski definition) is 0. The Morgan fingerprint density at radius 2 is 1.90 bits per heavy atom. The fourth-order valence-electron chi connectivity index (χ4n) is 4.12. The first-order valence-corrected chi connectivity index (χ1v) is 10.8. The highest BCUT2D eigenvalue weighted by Crippen LogP contribution is 2.24. The molecule has 0 radical (unpaired) electrons. The Morgan fingerprint density at radius 1 is 1.13 bits per heavy atom. The predicted molar refractivity (Wildman–Crippen MR) is 119 cm³/mol. The van der Waals surface area contributed by atoms with Crippen LogP contribution < -0.4 is 0 Å². The van der Waals surface area contributed by atoms with E-state index in [1.807, 2.05) is 48.5 Å². The molecule has 1 atom stereocenters. The number of hydrogen-bond acceptors (Lipinski definition) is 4. The van der Waals surface area contributed by atoms with E-state index in [1.165, 1.54) is 7.11 Å². The van der Waals surface area contributed by atoms with Crippen molar-refractivity contribution in [2.75, 3.05) is 26.8 Å². The molecule has 1 amide bonds. The van der Waals surface area contributed by atoms with E-state index in [0.717, 1.165) is 35.9 Å². The van der Waals surface area contributed by atoms with Crippen molar-refractivity contribution >= 4 is 22.8 Å². The lowest BCUT2D eigenvalue weighted by molar-refractivity contribution is -0.140. The number of carbonyl (C=O) groups is 2. The largest absolute Gasteiger partial charge is 0.469 e. The molecule has 0 N–H and O–H groups in total. The lowest BCUT2D eigenvalue weighted by atomic mass is 10.2. The number of fused-ring (bicyclic) bond motifs is 1. The molecule has 6 nitrogen and oxygen atoms in total. The SMILES string of the molecule is COC(=O)CCN(CC1CCCO1)C(=O)c1cc2ccccc2n1Cc1ccccc1. The van der Waals surface area contributed by atoms with Crippen molar-refractivity contribution in [1.29, 1.82) is 0 Å². The lowest BCUT2D eigenvalue weighted by Gasteiger charge is -2.26. The van der Waals surface area contributed by atoms with Crippen molar-refractivity contribution in [1.82, 2.24) is 9.47 Å². The summed E-state index contributed by atoms with van der Waals surface area (Å²) in [6.45, 7) is 2.10. The number of methoxy groups -OCH3 is 1. The third-order valence-electron chi connectivity index (χ3n) is 5.76. The predicted octanol–water partition coefficient (Wildman–Crippen LogP) is 3.87. The minimum atomic E-state index is -0.324. The molecular formula is C25H28N2O4. The second-order valence-electron chi connectivity index (χ2n) is 7.87. The van der Waals surface area contributed by atoms with E-state index in [4.69, 9.17) is 9.47 Å². The first-order chi connectivity index (χ1) is 15.2. The Kier molecular flexibility index (Phi) is 6.67. The van der Waals surface area contributed by atoms with Crippen LogP contribution in [0.15, 0.2) is 60.7 Å². The van der Waals surface area contributed by atoms with Crippen LogP contribution in [0, 0.1) is 0 Å². The summed E-state index contributed by atoms with van der Waals surface area (Å²) >= 11 is 0. The van der Waals surface area contributed by atoms with Gasteiger partial charge < -0.3 is 18.9 Å². The lowest BCUT2D eigenvalue weighted by Crippen LogP contribution is -2.39. The molecule has 1 aromatic heterocycles. The second-order valence-corrected chi connectivity index (χ2v) is 7.87. The van der Waals surface area contributed by atoms with Crippen molar-refractivity contribution in [3.63, 3.8) is 0 Å². The molecular weight excluding hydrogens is 392 g/mol. The summed E-state index contributed by atoms with van der Waals surface area (Å²) in [5.74, 6) is -0.415. The first kappa shape index (κ1) is 21.1. The normalized spacial score (nSPS) is 15.8. The minimum Gasteiger partial charge on any atom is -0.469 e. The van der Waals surface area contributed by atoms with Gasteiger partial charge >= 0.3 is 5.97 Å². The van der Waals surface area contributed by atoms with Gasteiger partial charge in [0.25, 0.3) is 5.91 Å². The molecule has 2 heterocycles. The summed E-state index contributed by atoms with van der Waals surface area (Å²) in [6, 6.07) is 20.1. The highest BCUT2D eigenvalue weighted by molar-refractivity contribution is 5.99. The van der Waals surface area contributed by atoms with E-state index >= 15 is 0 Å². The van der Waals surface area contributed by atoms with Gasteiger partial charge in [-0.1, -0.05) is 48.5 Å². The van der Waals surface area contributed by atoms with Gasteiger partial charge in [-0.3, -0.25) is 9.59 Å². The Hall–Kier alpha value is -3.12. The molecule has 6 heteroatoms. The zero-order valence-electron chi connectivity index (χ0n) is 17.8. The maximum Gasteiger partial charge on any atom is 0.307 e. The van der Waals surface area contributed by atoms with Gasteiger partial charge in [0.2, 0.25) is 0 Å². The van der Waals surface area contributed by atoms with Crippen LogP contribution in [0.2, 0.25) is 0 Å². The van der Waals surface area contributed by atoms with Gasteiger partial charge in [0.05, 0.1) is 19.6 Å². The maximum absolute atomic E-state index is 13.7. The Morgan fingerprint density at radius 3 is 2.65 bits per heavy atom. The van der Waals surface area contributed by atoms with Gasteiger partial charge in [-0.25, -0.2) is 0 Å². The van der Waals surface area contributed by atoms with Crippen LogP contribution in [-0.2, 0) is 20.8 Å². The fraction of sp³-hybridized carbons (Fsp3) is 0.360. The van der Waals surface area contributed by atoms with Crippen LogP contribution in [0.5, 0.6) is 0 Å². The highest BCUT2D eigenvalue weighted by atomic mass is 16.5. The summed E-state index contributed by atoms with van der Waals surface area (Å²) in [6.07, 6.45) is 2.09. The molecule has 4 rings (SSSR count). The molecule has 1 aliphatic heterocycles. The number of nitrogens with zero attached hydrogens (tertiary/aromatic N) is 2. The van der Waals surface area contributed by atoms with Gasteiger partial charge in [0.1, 0.15) is 5.69 Å². The first-order valence-electron chi connectivity index (χ1n) is 10.8. The van der Waals surface area contributed by atoms with E-state index in [1.54, 1.807) is 4.90 Å². The van der Waals surface area contributed by atoms with E-state index in [9.17, 15) is 9.59 Å². The molecule has 31 heavy (non-hydrogen) atoms. The average molecular weight is 421 g/mol. The fourth-order valence-corrected chi connectivity index (χ4v) is 4.12. The standard InChI is InChI=1S/C25H28N2O4/c1-30-24(28)13-14-26(18-21-11-7-15-31-21)25(29)23-16-20-10-5-6-12-22(20)27(23)17-19-8-3-2-4-9-19/h2-6,8-10,12,16,21H,7,11,13-15,17-18H2,1H3. The number of benzene rings is 2. The van der Waals surface area contributed by atoms with Crippen LogP contribution in [0.25, 0.3) is 10.9 Å². The average Bonchev–Trinajstić information content (AvgIpc) is 3.45. The summed E-state index contributed by atoms with van der Waals surface area (Å²) < 4.78 is 12.6. The molecule has 0 bridgehead atoms. The summed E-state index contributed by atoms with van der Waals surface area (Å²) in [5, 5.41) is 1.02. The molecule has 162 valence electrons. The number of ether oxygens (including phenoxy) is 2. The van der Waals surface area contributed by atoms with E-state index < -0.39 is 0 Å². The third-order valence-corrected chi connectivity index (χ3v) is 5.76. The number of amides is 1. The Labute approximate surface area is 182 Å². The van der Waals surface area contributed by atoms with Crippen molar-refractivity contribution in [2.24, 2.45) is 0 Å². The molecule has 1 aliphatic rings. The minimum absolute atomic E-state index is 0.00792. The molecule has 2 aromatic carbocycles.